The molecule has 0 radical (unpaired) electrons. The molecule has 0 N–H and O–H groups in total. The average Bonchev–Trinajstić information content (AvgIpc) is 2.56. The molecule has 0 unspecified atom stereocenters. The average molecular weight is 334 g/mol. The topological polar surface area (TPSA) is 34.6 Å². The molecule has 8 heteroatoms. The van der Waals surface area contributed by atoms with E-state index in [0.717, 1.165) is 12.8 Å². The molecule has 1 aromatic heterocycles. The van der Waals surface area contributed by atoms with Crippen molar-refractivity contribution in [3.05, 3.63) is 23.5 Å². The van der Waals surface area contributed by atoms with Gasteiger partial charge in [-0.05, 0) is 25.7 Å². The highest BCUT2D eigenvalue weighted by molar-refractivity contribution is 5.48. The normalized spacial score (nSPS) is 21.0. The number of hydrogen-bond donors (Lipinski definition) is 0. The van der Waals surface area contributed by atoms with Crippen LogP contribution in [0, 0.1) is 23.5 Å². The van der Waals surface area contributed by atoms with Gasteiger partial charge in [0.2, 0.25) is 11.6 Å². The predicted octanol–water partition coefficient (Wildman–Crippen LogP) is 2.80. The Hall–Kier alpha value is -1.41. The number of anilines is 1. The lowest BCUT2D eigenvalue weighted by Crippen LogP contribution is -2.40. The summed E-state index contributed by atoms with van der Waals surface area (Å²) in [5.41, 5.74) is -0.681. The van der Waals surface area contributed by atoms with Crippen molar-refractivity contribution in [3.8, 4) is 0 Å². The molecule has 23 heavy (non-hydrogen) atoms. The Morgan fingerprint density at radius 3 is 1.96 bits per heavy atom. The largest absolute Gasteiger partial charge is 0.381 e. The summed E-state index contributed by atoms with van der Waals surface area (Å²) < 4.78 is 65.2. The number of piperidine rings is 1. The first-order chi connectivity index (χ1) is 11.1. The molecule has 0 amide bonds. The van der Waals surface area contributed by atoms with Crippen molar-refractivity contribution in [1.29, 1.82) is 0 Å². The van der Waals surface area contributed by atoms with E-state index in [2.05, 4.69) is 4.98 Å². The van der Waals surface area contributed by atoms with Crippen LogP contribution in [-0.2, 0) is 9.47 Å². The molecule has 1 aromatic rings. The minimum absolute atomic E-state index is 0.0167. The Labute approximate surface area is 131 Å². The first-order valence-corrected chi connectivity index (χ1v) is 7.74. The third-order valence-electron chi connectivity index (χ3n) is 4.29. The maximum atomic E-state index is 13.8. The summed E-state index contributed by atoms with van der Waals surface area (Å²) in [5.74, 6) is -6.15. The predicted molar refractivity (Wildman–Crippen MR) is 74.2 cm³/mol. The van der Waals surface area contributed by atoms with E-state index in [1.165, 1.54) is 4.90 Å². The van der Waals surface area contributed by atoms with Crippen LogP contribution in [0.15, 0.2) is 0 Å². The number of ether oxygens (including phenoxy) is 2. The van der Waals surface area contributed by atoms with Crippen molar-refractivity contribution < 1.29 is 27.0 Å². The van der Waals surface area contributed by atoms with Gasteiger partial charge in [-0.2, -0.15) is 22.5 Å². The molecule has 128 valence electrons. The smallest absolute Gasteiger partial charge is 0.253 e. The van der Waals surface area contributed by atoms with E-state index in [9.17, 15) is 17.6 Å². The third kappa shape index (κ3) is 3.58. The number of pyridine rings is 1. The van der Waals surface area contributed by atoms with Crippen LogP contribution in [0.25, 0.3) is 0 Å². The molecular formula is C15H18F4N2O2. The molecule has 0 aliphatic carbocycles. The van der Waals surface area contributed by atoms with E-state index in [1.807, 2.05) is 0 Å². The molecule has 0 saturated carbocycles. The Balaban J connectivity index is 1.63. The number of halogens is 4. The van der Waals surface area contributed by atoms with Gasteiger partial charge in [-0.1, -0.05) is 0 Å². The summed E-state index contributed by atoms with van der Waals surface area (Å²) in [5, 5.41) is 0. The number of nitrogens with zero attached hydrogens (tertiary/aromatic N) is 2. The van der Waals surface area contributed by atoms with Gasteiger partial charge in [0.1, 0.15) is 5.69 Å². The van der Waals surface area contributed by atoms with Gasteiger partial charge in [0.15, 0.2) is 0 Å². The number of hydrogen-bond acceptors (Lipinski definition) is 4. The Morgan fingerprint density at radius 1 is 0.870 bits per heavy atom. The van der Waals surface area contributed by atoms with Gasteiger partial charge >= 0.3 is 0 Å². The standard InChI is InChI=1S/C15H18F4N2O2/c16-11-13(12(17)15(19)20-14(11)18)21-5-1-9(2-6-21)23-10-3-7-22-8-4-10/h9-10H,1-8H2. The van der Waals surface area contributed by atoms with Crippen LogP contribution in [0.3, 0.4) is 0 Å². The minimum atomic E-state index is -1.63. The quantitative estimate of drug-likeness (QED) is 0.629. The molecule has 2 fully saturated rings. The van der Waals surface area contributed by atoms with Gasteiger partial charge in [-0.25, -0.2) is 0 Å². The van der Waals surface area contributed by atoms with E-state index in [1.54, 1.807) is 0 Å². The van der Waals surface area contributed by atoms with Crippen LogP contribution < -0.4 is 4.90 Å². The van der Waals surface area contributed by atoms with Gasteiger partial charge in [-0.3, -0.25) is 0 Å². The summed E-state index contributed by atoms with van der Waals surface area (Å²) in [6.45, 7) is 1.89. The fraction of sp³-hybridized carbons (Fsp3) is 0.667. The van der Waals surface area contributed by atoms with Crippen LogP contribution in [0.5, 0.6) is 0 Å². The van der Waals surface area contributed by atoms with E-state index >= 15 is 0 Å². The second kappa shape index (κ2) is 7.00. The second-order valence-corrected chi connectivity index (χ2v) is 5.80. The molecular weight excluding hydrogens is 316 g/mol. The molecule has 2 aliphatic rings. The molecule has 0 spiro atoms. The van der Waals surface area contributed by atoms with E-state index in [4.69, 9.17) is 9.47 Å². The Kier molecular flexibility index (Phi) is 5.01. The third-order valence-corrected chi connectivity index (χ3v) is 4.29. The summed E-state index contributed by atoms with van der Waals surface area (Å²) in [7, 11) is 0. The monoisotopic (exact) mass is 334 g/mol. The Morgan fingerprint density at radius 2 is 1.39 bits per heavy atom. The maximum absolute atomic E-state index is 13.8. The van der Waals surface area contributed by atoms with E-state index < -0.39 is 29.2 Å². The SMILES string of the molecule is Fc1nc(F)c(F)c(N2CCC(OC3CCOCC3)CC2)c1F. The van der Waals surface area contributed by atoms with Gasteiger partial charge in [0.05, 0.1) is 12.2 Å². The molecule has 0 bridgehead atoms. The highest BCUT2D eigenvalue weighted by Crippen LogP contribution is 2.30. The molecule has 4 nitrogen and oxygen atoms in total. The molecule has 2 aliphatic heterocycles. The van der Waals surface area contributed by atoms with Crippen molar-refractivity contribution in [2.24, 2.45) is 0 Å². The van der Waals surface area contributed by atoms with Crippen molar-refractivity contribution >= 4 is 5.69 Å². The fourth-order valence-electron chi connectivity index (χ4n) is 3.05. The Bertz CT molecular complexity index is 533. The summed E-state index contributed by atoms with van der Waals surface area (Å²) in [6.07, 6.45) is 2.89. The molecule has 2 saturated heterocycles. The first kappa shape index (κ1) is 16.4. The van der Waals surface area contributed by atoms with Crippen molar-refractivity contribution in [1.82, 2.24) is 4.98 Å². The second-order valence-electron chi connectivity index (χ2n) is 5.80. The van der Waals surface area contributed by atoms with Crippen LogP contribution in [-0.4, -0.2) is 43.5 Å². The van der Waals surface area contributed by atoms with Crippen LogP contribution in [0.2, 0.25) is 0 Å². The van der Waals surface area contributed by atoms with Gasteiger partial charge in [-0.15, -0.1) is 0 Å². The molecule has 3 rings (SSSR count). The lowest BCUT2D eigenvalue weighted by molar-refractivity contribution is -0.0744. The fourth-order valence-corrected chi connectivity index (χ4v) is 3.05. The zero-order chi connectivity index (χ0) is 16.4. The summed E-state index contributed by atoms with van der Waals surface area (Å²) in [4.78, 5) is 3.88. The van der Waals surface area contributed by atoms with Crippen molar-refractivity contribution in [2.75, 3.05) is 31.2 Å². The van der Waals surface area contributed by atoms with Crippen molar-refractivity contribution in [2.45, 2.75) is 37.9 Å². The maximum Gasteiger partial charge on any atom is 0.253 e. The number of aromatic nitrogens is 1. The van der Waals surface area contributed by atoms with Gasteiger partial charge in [0.25, 0.3) is 11.9 Å². The minimum Gasteiger partial charge on any atom is -0.381 e. The van der Waals surface area contributed by atoms with Crippen LogP contribution in [0.1, 0.15) is 25.7 Å². The summed E-state index contributed by atoms with van der Waals surface area (Å²) in [6, 6.07) is 0. The molecule has 0 atom stereocenters. The first-order valence-electron chi connectivity index (χ1n) is 7.74. The van der Waals surface area contributed by atoms with Gasteiger partial charge < -0.3 is 14.4 Å². The number of rotatable bonds is 3. The molecule has 0 aromatic carbocycles. The van der Waals surface area contributed by atoms with Crippen molar-refractivity contribution in [3.63, 3.8) is 0 Å². The lowest BCUT2D eigenvalue weighted by Gasteiger charge is -2.36. The highest BCUT2D eigenvalue weighted by Gasteiger charge is 2.30. The zero-order valence-electron chi connectivity index (χ0n) is 12.5. The molecule has 3 heterocycles. The van der Waals surface area contributed by atoms with E-state index in [0.29, 0.717) is 26.1 Å². The van der Waals surface area contributed by atoms with Crippen LogP contribution >= 0.6 is 0 Å². The highest BCUT2D eigenvalue weighted by atomic mass is 19.2. The van der Waals surface area contributed by atoms with Gasteiger partial charge in [0, 0.05) is 26.3 Å². The van der Waals surface area contributed by atoms with Crippen LogP contribution in [0.4, 0.5) is 23.2 Å². The summed E-state index contributed by atoms with van der Waals surface area (Å²) >= 11 is 0. The van der Waals surface area contributed by atoms with E-state index in [-0.39, 0.29) is 25.3 Å². The zero-order valence-corrected chi connectivity index (χ0v) is 12.5. The lowest BCUT2D eigenvalue weighted by atomic mass is 10.1.